The first-order chi connectivity index (χ1) is 39.5. The number of aryl methyl sites for hydroxylation is 2. The number of amides is 4. The Labute approximate surface area is 473 Å². The van der Waals surface area contributed by atoms with Gasteiger partial charge in [0, 0.05) is 113 Å². The van der Waals surface area contributed by atoms with E-state index in [9.17, 15) is 38.2 Å². The molecule has 6 aromatic rings. The topological polar surface area (TPSA) is 262 Å². The predicted octanol–water partition coefficient (Wildman–Crippen LogP) is 5.37. The van der Waals surface area contributed by atoms with Crippen LogP contribution in [0.25, 0.3) is 22.5 Å². The van der Waals surface area contributed by atoms with Gasteiger partial charge < -0.3 is 69.4 Å². The van der Waals surface area contributed by atoms with Crippen LogP contribution < -0.4 is 30.7 Å². The number of carbonyl (C=O) groups excluding carboxylic acids is 4. The van der Waals surface area contributed by atoms with E-state index in [0.717, 1.165) is 59.3 Å². The molecule has 2 fully saturated rings. The van der Waals surface area contributed by atoms with Crippen LogP contribution in [-0.4, -0.2) is 164 Å². The largest absolute Gasteiger partial charge is 0.497 e. The number of aromatic nitrogens is 6. The molecule has 2 aromatic carbocycles. The molecule has 4 amide bonds. The van der Waals surface area contributed by atoms with Crippen LogP contribution in [0.1, 0.15) is 94.8 Å². The number of nitrogens with one attached hydrogen (secondary N) is 4. The van der Waals surface area contributed by atoms with Gasteiger partial charge in [0.15, 0.2) is 0 Å². The third kappa shape index (κ3) is 13.5. The van der Waals surface area contributed by atoms with Crippen LogP contribution >= 0.6 is 0 Å². The molecule has 24 heteroatoms. The Kier molecular flexibility index (Phi) is 18.7. The van der Waals surface area contributed by atoms with Crippen LogP contribution in [0.4, 0.5) is 20.7 Å². The van der Waals surface area contributed by atoms with Crippen molar-refractivity contribution < 1.29 is 57.1 Å². The molecule has 0 radical (unpaired) electrons. The Balaban J connectivity index is 0.000000198. The molecule has 4 aromatic heterocycles. The lowest BCUT2D eigenvalue weighted by Gasteiger charge is -2.33. The molecular weight excluding hydrogens is 1060 g/mol. The first kappa shape index (κ1) is 58.6. The van der Waals surface area contributed by atoms with E-state index in [1.54, 1.807) is 50.5 Å². The zero-order valence-electron chi connectivity index (χ0n) is 46.8. The van der Waals surface area contributed by atoms with Gasteiger partial charge in [-0.05, 0) is 112 Å². The van der Waals surface area contributed by atoms with Crippen LogP contribution in [0, 0.1) is 25.5 Å². The fraction of sp³-hybridized carbons (Fsp3) is 0.448. The molecule has 0 saturated carbocycles. The zero-order valence-corrected chi connectivity index (χ0v) is 46.8. The number of rotatable bonds is 18. The van der Waals surface area contributed by atoms with E-state index in [2.05, 4.69) is 31.2 Å². The van der Waals surface area contributed by atoms with Crippen LogP contribution in [0.5, 0.6) is 11.5 Å². The highest BCUT2D eigenvalue weighted by Crippen LogP contribution is 2.31. The summed E-state index contributed by atoms with van der Waals surface area (Å²) < 4.78 is 52.9. The molecular formula is C58H70F2N12O10. The maximum atomic E-state index is 14.0. The number of hydrogen-bond donors (Lipinski definition) is 6. The first-order valence-electron chi connectivity index (χ1n) is 27.4. The van der Waals surface area contributed by atoms with E-state index >= 15 is 0 Å². The summed E-state index contributed by atoms with van der Waals surface area (Å²) in [6.07, 6.45) is 10.9. The minimum Gasteiger partial charge on any atom is -0.497 e. The number of methoxy groups -OCH3 is 2. The molecule has 436 valence electrons. The second kappa shape index (κ2) is 26.2. The molecule has 6 N–H and O–H groups in total. The number of aliphatic hydroxyl groups is 2. The number of carbonyl (C=O) groups is 4. The average molecular weight is 1130 g/mol. The Hall–Kier alpha value is -8.06. The summed E-state index contributed by atoms with van der Waals surface area (Å²) in [5, 5.41) is 32.1. The van der Waals surface area contributed by atoms with E-state index in [1.807, 2.05) is 35.4 Å². The van der Waals surface area contributed by atoms with Crippen molar-refractivity contribution in [2.45, 2.75) is 103 Å². The maximum absolute atomic E-state index is 14.0. The lowest BCUT2D eigenvalue weighted by molar-refractivity contribution is -0.127. The lowest BCUT2D eigenvalue weighted by Crippen LogP contribution is -2.52. The van der Waals surface area contributed by atoms with Crippen molar-refractivity contribution in [3.05, 3.63) is 119 Å². The molecule has 4 atom stereocenters. The van der Waals surface area contributed by atoms with Crippen molar-refractivity contribution in [2.75, 3.05) is 77.6 Å². The van der Waals surface area contributed by atoms with Crippen molar-refractivity contribution >= 4 is 35.5 Å². The molecule has 4 aliphatic heterocycles. The Bertz CT molecular complexity index is 3060. The van der Waals surface area contributed by atoms with Crippen molar-refractivity contribution in [1.82, 2.24) is 49.5 Å². The third-order valence-corrected chi connectivity index (χ3v) is 15.3. The summed E-state index contributed by atoms with van der Waals surface area (Å²) >= 11 is 0. The molecule has 10 rings (SSSR count). The highest BCUT2D eigenvalue weighted by Gasteiger charge is 2.35. The quantitative estimate of drug-likeness (QED) is 0.0632. The molecule has 0 aliphatic carbocycles. The summed E-state index contributed by atoms with van der Waals surface area (Å²) in [6, 6.07) is 8.69. The number of nitrogens with zero attached hydrogens (tertiary/aromatic N) is 8. The first-order valence-corrected chi connectivity index (χ1v) is 27.4. The van der Waals surface area contributed by atoms with E-state index in [1.165, 1.54) is 48.3 Å². The number of aliphatic hydroxyl groups excluding tert-OH is 2. The van der Waals surface area contributed by atoms with Gasteiger partial charge in [0.2, 0.25) is 23.7 Å². The highest BCUT2D eigenvalue weighted by molar-refractivity contribution is 5.99. The number of benzene rings is 2. The van der Waals surface area contributed by atoms with E-state index in [-0.39, 0.29) is 35.4 Å². The molecule has 0 spiro atoms. The molecule has 0 unspecified atom stereocenters. The maximum Gasteiger partial charge on any atom is 0.271 e. The second-order valence-corrected chi connectivity index (χ2v) is 20.8. The zero-order chi connectivity index (χ0) is 58.2. The molecule has 8 heterocycles. The van der Waals surface area contributed by atoms with Gasteiger partial charge in [0.25, 0.3) is 11.8 Å². The van der Waals surface area contributed by atoms with Gasteiger partial charge in [-0.25, -0.2) is 28.7 Å². The van der Waals surface area contributed by atoms with Crippen LogP contribution in [0.2, 0.25) is 0 Å². The standard InChI is InChI=1S/2C29H35FN6O5/c2*1-17-14-31-29(32-22-4-8-41-9-5-22)34-26(17)20-12-25-28(39)36(7-6-35(25)15-20)18(2)27(38)33-24(16-37)19-10-21(30)13-23(11-19)40-3/h2*10-15,18,22,24,37H,4-9,16H2,1-3H3,(H,33,38)(H,31,32,34)/t18-,24+;18-,24-/m01/s1. The molecule has 2 saturated heterocycles. The molecule has 82 heavy (non-hydrogen) atoms. The fourth-order valence-electron chi connectivity index (χ4n) is 10.5. The van der Waals surface area contributed by atoms with Crippen LogP contribution in [0.3, 0.4) is 0 Å². The monoisotopic (exact) mass is 1130 g/mol. The van der Waals surface area contributed by atoms with E-state index < -0.39 is 60.8 Å². The van der Waals surface area contributed by atoms with Crippen LogP contribution in [-0.2, 0) is 32.2 Å². The Morgan fingerprint density at radius 1 is 0.622 bits per heavy atom. The van der Waals surface area contributed by atoms with Crippen molar-refractivity contribution in [3.8, 4) is 34.0 Å². The highest BCUT2D eigenvalue weighted by atomic mass is 19.1. The summed E-state index contributed by atoms with van der Waals surface area (Å²) in [4.78, 5) is 74.8. The minimum atomic E-state index is -0.866. The predicted molar refractivity (Wildman–Crippen MR) is 298 cm³/mol. The van der Waals surface area contributed by atoms with Gasteiger partial charge in [-0.15, -0.1) is 0 Å². The molecule has 4 aliphatic rings. The van der Waals surface area contributed by atoms with E-state index in [0.29, 0.717) is 87.0 Å². The normalized spacial score (nSPS) is 17.1. The smallest absolute Gasteiger partial charge is 0.271 e. The summed E-state index contributed by atoms with van der Waals surface area (Å²) in [5.74, 6) is -0.976. The lowest BCUT2D eigenvalue weighted by atomic mass is 10.1. The van der Waals surface area contributed by atoms with Gasteiger partial charge in [0.05, 0.1) is 50.9 Å². The number of ether oxygens (including phenoxy) is 4. The summed E-state index contributed by atoms with van der Waals surface area (Å²) in [7, 11) is 2.82. The average Bonchev–Trinajstić information content (AvgIpc) is 4.15. The second-order valence-electron chi connectivity index (χ2n) is 20.8. The number of anilines is 2. The number of hydrogen-bond acceptors (Lipinski definition) is 16. The Morgan fingerprint density at radius 2 is 1.01 bits per heavy atom. The Morgan fingerprint density at radius 3 is 1.38 bits per heavy atom. The molecule has 22 nitrogen and oxygen atoms in total. The fourth-order valence-corrected chi connectivity index (χ4v) is 10.5. The number of halogens is 2. The van der Waals surface area contributed by atoms with Gasteiger partial charge in [0.1, 0.15) is 46.6 Å². The van der Waals surface area contributed by atoms with Crippen molar-refractivity contribution in [2.24, 2.45) is 0 Å². The van der Waals surface area contributed by atoms with Gasteiger partial charge in [-0.1, -0.05) is 0 Å². The van der Waals surface area contributed by atoms with Gasteiger partial charge in [-0.2, -0.15) is 0 Å². The van der Waals surface area contributed by atoms with Crippen molar-refractivity contribution in [1.29, 1.82) is 0 Å². The van der Waals surface area contributed by atoms with Crippen molar-refractivity contribution in [3.63, 3.8) is 0 Å². The summed E-state index contributed by atoms with van der Waals surface area (Å²) in [5.41, 5.74) is 6.45. The number of fused-ring (bicyclic) bond motifs is 2. The minimum absolute atomic E-state index is 0.248. The van der Waals surface area contributed by atoms with Gasteiger partial charge >= 0.3 is 0 Å². The van der Waals surface area contributed by atoms with Gasteiger partial charge in [-0.3, -0.25) is 19.2 Å². The third-order valence-electron chi connectivity index (χ3n) is 15.3. The summed E-state index contributed by atoms with van der Waals surface area (Å²) in [6.45, 7) is 10.7. The van der Waals surface area contributed by atoms with Crippen LogP contribution in [0.15, 0.2) is 73.3 Å². The van der Waals surface area contributed by atoms with E-state index in [4.69, 9.17) is 28.9 Å². The molecule has 0 bridgehead atoms. The SMILES string of the molecule is COc1cc(F)cc([C@@H](CO)NC(=O)[C@@H](C)N2CCn3cc(-c4nc(NC5CCOCC5)ncc4C)cc3C2=O)c1.COc1cc(F)cc([C@@H](CO)NC(=O)[C@H](C)N2CCn3cc(-c4nc(NC5CCOCC5)ncc4C)cc3C2=O)c1.